The van der Waals surface area contributed by atoms with E-state index in [0.717, 1.165) is 0 Å². The molecule has 0 radical (unpaired) electrons. The topological polar surface area (TPSA) is 58.6 Å². The molecule has 1 saturated heterocycles. The molecule has 20 heavy (non-hydrogen) atoms. The van der Waals surface area contributed by atoms with Crippen molar-refractivity contribution in [2.75, 3.05) is 30.7 Å². The van der Waals surface area contributed by atoms with Crippen LogP contribution in [0.15, 0.2) is 24.3 Å². The molecule has 1 fully saturated rings. The summed E-state index contributed by atoms with van der Waals surface area (Å²) in [5.41, 5.74) is 0.507. The Labute approximate surface area is 120 Å². The van der Waals surface area contributed by atoms with Crippen molar-refractivity contribution < 1.29 is 18.7 Å². The van der Waals surface area contributed by atoms with Crippen molar-refractivity contribution in [2.45, 2.75) is 6.04 Å². The number of anilines is 1. The van der Waals surface area contributed by atoms with E-state index in [-0.39, 0.29) is 24.2 Å². The third-order valence-corrected chi connectivity index (χ3v) is 3.90. The molecule has 2 rings (SSSR count). The van der Waals surface area contributed by atoms with Gasteiger partial charge in [0.25, 0.3) is 0 Å². The van der Waals surface area contributed by atoms with Crippen LogP contribution in [0.5, 0.6) is 0 Å². The summed E-state index contributed by atoms with van der Waals surface area (Å²) >= 11 is 1.51. The summed E-state index contributed by atoms with van der Waals surface area (Å²) in [7, 11) is 1.44. The second kappa shape index (κ2) is 6.71. The van der Waals surface area contributed by atoms with E-state index in [2.05, 4.69) is 5.32 Å². The quantitative estimate of drug-likeness (QED) is 0.910. The van der Waals surface area contributed by atoms with Gasteiger partial charge in [-0.25, -0.2) is 4.39 Å². The lowest BCUT2D eigenvalue weighted by Crippen LogP contribution is -2.45. The van der Waals surface area contributed by atoms with Crippen LogP contribution in [0, 0.1) is 5.82 Å². The van der Waals surface area contributed by atoms with E-state index in [1.165, 1.54) is 48.0 Å². The normalized spacial score (nSPS) is 18.1. The molecule has 1 aromatic rings. The van der Waals surface area contributed by atoms with Crippen molar-refractivity contribution in [1.82, 2.24) is 4.90 Å². The molecule has 7 heteroatoms. The highest BCUT2D eigenvalue weighted by Crippen LogP contribution is 2.22. The van der Waals surface area contributed by atoms with Crippen LogP contribution in [0.1, 0.15) is 0 Å². The number of hydrogen-bond donors (Lipinski definition) is 1. The highest BCUT2D eigenvalue weighted by Gasteiger charge is 2.34. The molecule has 0 aromatic heterocycles. The lowest BCUT2D eigenvalue weighted by atomic mass is 10.2. The first-order valence-corrected chi connectivity index (χ1v) is 7.20. The fourth-order valence-electron chi connectivity index (χ4n) is 1.87. The van der Waals surface area contributed by atoms with E-state index in [1.807, 2.05) is 0 Å². The van der Waals surface area contributed by atoms with E-state index in [9.17, 15) is 14.0 Å². The minimum atomic E-state index is -0.521. The van der Waals surface area contributed by atoms with Crippen molar-refractivity contribution in [2.24, 2.45) is 0 Å². The van der Waals surface area contributed by atoms with Crippen LogP contribution in [-0.2, 0) is 14.3 Å². The molecule has 0 spiro atoms. The van der Waals surface area contributed by atoms with Crippen LogP contribution in [-0.4, -0.2) is 48.1 Å². The number of carbonyl (C=O) groups excluding carboxylic acids is 2. The van der Waals surface area contributed by atoms with Crippen LogP contribution >= 0.6 is 11.8 Å². The van der Waals surface area contributed by atoms with E-state index in [4.69, 9.17) is 4.74 Å². The second-order valence-electron chi connectivity index (χ2n) is 4.31. The average Bonchev–Trinajstić information content (AvgIpc) is 2.91. The van der Waals surface area contributed by atoms with Gasteiger partial charge in [0.1, 0.15) is 18.5 Å². The summed E-state index contributed by atoms with van der Waals surface area (Å²) in [5.74, 6) is 0.172. The molecule has 1 aliphatic rings. The van der Waals surface area contributed by atoms with Crippen molar-refractivity contribution in [3.05, 3.63) is 30.1 Å². The molecule has 1 N–H and O–H groups in total. The number of methoxy groups -OCH3 is 1. The number of amides is 2. The molecule has 2 amide bonds. The van der Waals surface area contributed by atoms with Gasteiger partial charge in [-0.05, 0) is 24.3 Å². The number of carbonyl (C=O) groups is 2. The molecule has 0 saturated carbocycles. The second-order valence-corrected chi connectivity index (χ2v) is 5.31. The fraction of sp³-hybridized carbons (Fsp3) is 0.385. The summed E-state index contributed by atoms with van der Waals surface area (Å²) in [5, 5.41) is 2.68. The first-order chi connectivity index (χ1) is 9.61. The number of hydrogen-bond acceptors (Lipinski definition) is 4. The SMILES string of the molecule is COCC(=O)N1CSCC1C(=O)Nc1ccc(F)cc1. The number of benzene rings is 1. The molecule has 108 valence electrons. The van der Waals surface area contributed by atoms with Gasteiger partial charge in [-0.1, -0.05) is 0 Å². The minimum absolute atomic E-state index is 0.0408. The van der Waals surface area contributed by atoms with Crippen LogP contribution in [0.3, 0.4) is 0 Å². The van der Waals surface area contributed by atoms with Crippen molar-refractivity contribution in [1.29, 1.82) is 0 Å². The van der Waals surface area contributed by atoms with Gasteiger partial charge in [0.2, 0.25) is 11.8 Å². The minimum Gasteiger partial charge on any atom is -0.375 e. The number of nitrogens with zero attached hydrogens (tertiary/aromatic N) is 1. The largest absolute Gasteiger partial charge is 0.375 e. The van der Waals surface area contributed by atoms with Gasteiger partial charge in [0, 0.05) is 18.6 Å². The summed E-state index contributed by atoms with van der Waals surface area (Å²) in [6, 6.07) is 4.99. The molecular formula is C13H15FN2O3S. The van der Waals surface area contributed by atoms with E-state index < -0.39 is 6.04 Å². The third-order valence-electron chi connectivity index (χ3n) is 2.88. The summed E-state index contributed by atoms with van der Waals surface area (Å²) < 4.78 is 17.6. The molecule has 1 heterocycles. The van der Waals surface area contributed by atoms with Crippen molar-refractivity contribution >= 4 is 29.3 Å². The Bertz CT molecular complexity index is 495. The van der Waals surface area contributed by atoms with Crippen molar-refractivity contribution in [3.8, 4) is 0 Å². The summed E-state index contributed by atoms with van der Waals surface area (Å²) in [4.78, 5) is 25.5. The van der Waals surface area contributed by atoms with Gasteiger partial charge in [-0.15, -0.1) is 11.8 Å². The van der Waals surface area contributed by atoms with Gasteiger partial charge in [-0.2, -0.15) is 0 Å². The van der Waals surface area contributed by atoms with E-state index in [1.54, 1.807) is 0 Å². The lowest BCUT2D eigenvalue weighted by molar-refractivity contribution is -0.139. The Morgan fingerprint density at radius 2 is 2.15 bits per heavy atom. The summed E-state index contributed by atoms with van der Waals surface area (Å²) in [6.45, 7) is -0.0408. The smallest absolute Gasteiger partial charge is 0.249 e. The molecule has 1 atom stereocenters. The van der Waals surface area contributed by atoms with Crippen LogP contribution in [0.4, 0.5) is 10.1 Å². The van der Waals surface area contributed by atoms with Gasteiger partial charge >= 0.3 is 0 Å². The first-order valence-electron chi connectivity index (χ1n) is 6.04. The van der Waals surface area contributed by atoms with Crippen LogP contribution in [0.2, 0.25) is 0 Å². The van der Waals surface area contributed by atoms with Gasteiger partial charge in [0.05, 0.1) is 5.88 Å². The zero-order chi connectivity index (χ0) is 14.5. The van der Waals surface area contributed by atoms with E-state index in [0.29, 0.717) is 17.3 Å². The Morgan fingerprint density at radius 3 is 2.80 bits per heavy atom. The molecule has 5 nitrogen and oxygen atoms in total. The average molecular weight is 298 g/mol. The Kier molecular flexibility index (Phi) is 4.97. The van der Waals surface area contributed by atoms with Crippen LogP contribution in [0.25, 0.3) is 0 Å². The number of rotatable bonds is 4. The molecule has 0 aliphatic carbocycles. The molecular weight excluding hydrogens is 283 g/mol. The van der Waals surface area contributed by atoms with Crippen LogP contribution < -0.4 is 5.32 Å². The maximum absolute atomic E-state index is 12.8. The standard InChI is InChI=1S/C13H15FN2O3S/c1-19-6-12(17)16-8-20-7-11(16)13(18)15-10-4-2-9(14)3-5-10/h2-5,11H,6-8H2,1H3,(H,15,18). The maximum Gasteiger partial charge on any atom is 0.249 e. The molecule has 1 aromatic carbocycles. The predicted molar refractivity (Wildman–Crippen MR) is 74.9 cm³/mol. The first kappa shape index (κ1) is 14.8. The van der Waals surface area contributed by atoms with Gasteiger partial charge < -0.3 is 15.0 Å². The number of nitrogens with one attached hydrogen (secondary N) is 1. The van der Waals surface area contributed by atoms with Crippen molar-refractivity contribution in [3.63, 3.8) is 0 Å². The van der Waals surface area contributed by atoms with E-state index >= 15 is 0 Å². The molecule has 0 bridgehead atoms. The fourth-order valence-corrected chi connectivity index (χ4v) is 3.05. The highest BCUT2D eigenvalue weighted by molar-refractivity contribution is 7.99. The number of ether oxygens (including phenoxy) is 1. The maximum atomic E-state index is 12.8. The zero-order valence-electron chi connectivity index (χ0n) is 11.0. The monoisotopic (exact) mass is 298 g/mol. The Morgan fingerprint density at radius 1 is 1.45 bits per heavy atom. The summed E-state index contributed by atoms with van der Waals surface area (Å²) in [6.07, 6.45) is 0. The lowest BCUT2D eigenvalue weighted by Gasteiger charge is -2.22. The Balaban J connectivity index is 2.00. The zero-order valence-corrected chi connectivity index (χ0v) is 11.8. The predicted octanol–water partition coefficient (Wildman–Crippen LogP) is 1.31. The Hall–Kier alpha value is -1.60. The number of thioether (sulfide) groups is 1. The molecule has 1 aliphatic heterocycles. The third kappa shape index (κ3) is 3.49. The van der Waals surface area contributed by atoms with Gasteiger partial charge in [0.15, 0.2) is 0 Å². The molecule has 1 unspecified atom stereocenters. The van der Waals surface area contributed by atoms with Gasteiger partial charge in [-0.3, -0.25) is 9.59 Å². The number of halogens is 1. The highest BCUT2D eigenvalue weighted by atomic mass is 32.2.